The van der Waals surface area contributed by atoms with Crippen molar-refractivity contribution in [3.63, 3.8) is 0 Å². The van der Waals surface area contributed by atoms with Crippen molar-refractivity contribution in [3.05, 3.63) is 0 Å². The maximum Gasteiger partial charge on any atom is 0.0224 e. The predicted molar refractivity (Wildman–Crippen MR) is 31.3 cm³/mol. The van der Waals surface area contributed by atoms with E-state index in [0.29, 0.717) is 0 Å². The number of likely N-dealkylation sites (N-methyl/N-ethyl adjacent to an activating group) is 1. The Bertz CT molecular complexity index is 62.6. The fraction of sp³-hybridized carbons (Fsp3) is 1.00. The molecule has 1 saturated heterocycles. The lowest BCUT2D eigenvalue weighted by molar-refractivity contribution is 0.522. The van der Waals surface area contributed by atoms with E-state index in [1.807, 2.05) is 0 Å². The molecule has 0 bridgehead atoms. The van der Waals surface area contributed by atoms with Gasteiger partial charge in [0.2, 0.25) is 0 Å². The molecule has 1 heterocycles. The highest BCUT2D eigenvalue weighted by Crippen LogP contribution is 2.25. The van der Waals surface area contributed by atoms with Gasteiger partial charge < -0.3 is 0 Å². The molecule has 2 unspecified atom stereocenters. The Morgan fingerprint density at radius 2 is 1.71 bits per heavy atom. The first-order valence-electron chi connectivity index (χ1n) is 3.03. The highest BCUT2D eigenvalue weighted by molar-refractivity contribution is 4.94. The normalized spacial score (nSPS) is 49.3. The third-order valence-corrected chi connectivity index (χ3v) is 2.02. The zero-order valence-electron chi connectivity index (χ0n) is 5.31. The van der Waals surface area contributed by atoms with Crippen molar-refractivity contribution in [3.8, 4) is 0 Å². The molecule has 42 valence electrons. The van der Waals surface area contributed by atoms with Crippen LogP contribution in [0, 0.1) is 0 Å². The minimum atomic E-state index is 0.866. The molecule has 1 aliphatic rings. The van der Waals surface area contributed by atoms with Crippen LogP contribution in [0.4, 0.5) is 0 Å². The molecule has 0 saturated carbocycles. The smallest absolute Gasteiger partial charge is 0.0224 e. The van der Waals surface area contributed by atoms with Gasteiger partial charge in [-0.15, -0.1) is 0 Å². The fourth-order valence-electron chi connectivity index (χ4n) is 1.16. The Balaban J connectivity index is 2.24. The predicted octanol–water partition coefficient (Wildman–Crippen LogP) is 1.10. The fourth-order valence-corrected chi connectivity index (χ4v) is 1.16. The minimum absolute atomic E-state index is 0.866. The molecule has 1 aliphatic heterocycles. The first-order chi connectivity index (χ1) is 3.27. The lowest BCUT2D eigenvalue weighted by Crippen LogP contribution is -1.97. The van der Waals surface area contributed by atoms with Gasteiger partial charge in [-0.05, 0) is 20.4 Å². The van der Waals surface area contributed by atoms with Gasteiger partial charge >= 0.3 is 0 Å². The molecule has 0 aromatic rings. The molecule has 1 nitrogen and oxygen atoms in total. The lowest BCUT2D eigenvalue weighted by Gasteiger charge is -1.89. The molecule has 0 aromatic carbocycles. The van der Waals surface area contributed by atoms with Crippen LogP contribution in [-0.2, 0) is 0 Å². The van der Waals surface area contributed by atoms with E-state index in [1.54, 1.807) is 0 Å². The average molecular weight is 99.2 g/mol. The third kappa shape index (κ3) is 0.653. The first kappa shape index (κ1) is 5.10. The van der Waals surface area contributed by atoms with Gasteiger partial charge in [0.25, 0.3) is 0 Å². The molecule has 0 spiro atoms. The van der Waals surface area contributed by atoms with E-state index in [4.69, 9.17) is 0 Å². The third-order valence-electron chi connectivity index (χ3n) is 2.02. The van der Waals surface area contributed by atoms with Gasteiger partial charge in [0, 0.05) is 12.1 Å². The maximum atomic E-state index is 2.46. The van der Waals surface area contributed by atoms with E-state index in [-0.39, 0.29) is 0 Å². The van der Waals surface area contributed by atoms with Crippen LogP contribution in [0.15, 0.2) is 0 Å². The summed E-state index contributed by atoms with van der Waals surface area (Å²) in [6.07, 6.45) is 0. The monoisotopic (exact) mass is 99.1 g/mol. The zero-order valence-corrected chi connectivity index (χ0v) is 5.31. The molecule has 0 amide bonds. The van der Waals surface area contributed by atoms with E-state index in [0.717, 1.165) is 12.1 Å². The largest absolute Gasteiger partial charge is 0.295 e. The average Bonchev–Trinajstić information content (AvgIpc) is 2.17. The minimum Gasteiger partial charge on any atom is -0.295 e. The molecule has 0 N–H and O–H groups in total. The van der Waals surface area contributed by atoms with Gasteiger partial charge in [-0.2, -0.15) is 0 Å². The van der Waals surface area contributed by atoms with Gasteiger partial charge in [-0.3, -0.25) is 4.90 Å². The number of rotatable bonds is 1. The first-order valence-corrected chi connectivity index (χ1v) is 3.03. The molecule has 1 fully saturated rings. The van der Waals surface area contributed by atoms with E-state index >= 15 is 0 Å². The number of hydrogen-bond acceptors (Lipinski definition) is 1. The van der Waals surface area contributed by atoms with Crippen molar-refractivity contribution in [1.82, 2.24) is 4.90 Å². The quantitative estimate of drug-likeness (QED) is 0.445. The number of hydrogen-bond donors (Lipinski definition) is 0. The van der Waals surface area contributed by atoms with Gasteiger partial charge in [0.15, 0.2) is 0 Å². The van der Waals surface area contributed by atoms with Crippen molar-refractivity contribution in [2.75, 3.05) is 6.54 Å². The molecule has 1 heteroatoms. The molecule has 0 aliphatic carbocycles. The Morgan fingerprint density at radius 3 is 1.71 bits per heavy atom. The van der Waals surface area contributed by atoms with E-state index in [9.17, 15) is 0 Å². The summed E-state index contributed by atoms with van der Waals surface area (Å²) in [6, 6.07) is 1.73. The molecular formula is C6H13N. The SMILES string of the molecule is CCN1C(C)C1C. The summed E-state index contributed by atoms with van der Waals surface area (Å²) in [6.45, 7) is 7.98. The maximum absolute atomic E-state index is 2.46. The number of nitrogens with zero attached hydrogens (tertiary/aromatic N) is 1. The summed E-state index contributed by atoms with van der Waals surface area (Å²) < 4.78 is 0. The summed E-state index contributed by atoms with van der Waals surface area (Å²) in [5.74, 6) is 0. The van der Waals surface area contributed by atoms with Crippen LogP contribution >= 0.6 is 0 Å². The zero-order chi connectivity index (χ0) is 5.44. The summed E-state index contributed by atoms with van der Waals surface area (Å²) in [5, 5.41) is 0. The molecule has 7 heavy (non-hydrogen) atoms. The van der Waals surface area contributed by atoms with Crippen molar-refractivity contribution in [2.45, 2.75) is 32.9 Å². The molecular weight excluding hydrogens is 86.1 g/mol. The Labute approximate surface area is 45.3 Å². The van der Waals surface area contributed by atoms with E-state index in [2.05, 4.69) is 25.7 Å². The van der Waals surface area contributed by atoms with Crippen LogP contribution in [0.1, 0.15) is 20.8 Å². The summed E-state index contributed by atoms with van der Waals surface area (Å²) in [5.41, 5.74) is 0. The van der Waals surface area contributed by atoms with Crippen LogP contribution in [-0.4, -0.2) is 23.5 Å². The van der Waals surface area contributed by atoms with Crippen LogP contribution < -0.4 is 0 Å². The summed E-state index contributed by atoms with van der Waals surface area (Å²) in [4.78, 5) is 2.46. The lowest BCUT2D eigenvalue weighted by atomic mass is 10.4. The Morgan fingerprint density at radius 1 is 1.29 bits per heavy atom. The van der Waals surface area contributed by atoms with Gasteiger partial charge in [-0.1, -0.05) is 6.92 Å². The summed E-state index contributed by atoms with van der Waals surface area (Å²) >= 11 is 0. The van der Waals surface area contributed by atoms with Gasteiger partial charge in [-0.25, -0.2) is 0 Å². The van der Waals surface area contributed by atoms with Crippen molar-refractivity contribution in [2.24, 2.45) is 0 Å². The van der Waals surface area contributed by atoms with Gasteiger partial charge in [0.05, 0.1) is 0 Å². The Hall–Kier alpha value is -0.0400. The summed E-state index contributed by atoms with van der Waals surface area (Å²) in [7, 11) is 0. The molecule has 0 radical (unpaired) electrons. The van der Waals surface area contributed by atoms with E-state index < -0.39 is 0 Å². The van der Waals surface area contributed by atoms with Crippen LogP contribution in [0.3, 0.4) is 0 Å². The van der Waals surface area contributed by atoms with Crippen LogP contribution in [0.2, 0.25) is 0 Å². The van der Waals surface area contributed by atoms with Gasteiger partial charge in [0.1, 0.15) is 0 Å². The molecule has 1 rings (SSSR count). The topological polar surface area (TPSA) is 3.01 Å². The highest BCUT2D eigenvalue weighted by Gasteiger charge is 2.37. The molecule has 2 atom stereocenters. The van der Waals surface area contributed by atoms with Crippen molar-refractivity contribution >= 4 is 0 Å². The second-order valence-electron chi connectivity index (χ2n) is 2.31. The van der Waals surface area contributed by atoms with Crippen LogP contribution in [0.5, 0.6) is 0 Å². The van der Waals surface area contributed by atoms with E-state index in [1.165, 1.54) is 6.54 Å². The highest BCUT2D eigenvalue weighted by atomic mass is 15.3. The molecule has 0 aromatic heterocycles. The standard InChI is InChI=1S/C6H13N/c1-4-7-5(2)6(7)3/h5-6H,4H2,1-3H3. The van der Waals surface area contributed by atoms with Crippen molar-refractivity contribution < 1.29 is 0 Å². The van der Waals surface area contributed by atoms with Crippen molar-refractivity contribution in [1.29, 1.82) is 0 Å². The second-order valence-corrected chi connectivity index (χ2v) is 2.31. The van der Waals surface area contributed by atoms with Crippen LogP contribution in [0.25, 0.3) is 0 Å². The second kappa shape index (κ2) is 1.48. The Kier molecular flexibility index (Phi) is 1.08.